The van der Waals surface area contributed by atoms with Crippen molar-refractivity contribution in [1.82, 2.24) is 0 Å². The predicted molar refractivity (Wildman–Crippen MR) is 58.0 cm³/mol. The predicted octanol–water partition coefficient (Wildman–Crippen LogP) is 3.06. The number of halogens is 1. The lowest BCUT2D eigenvalue weighted by Gasteiger charge is -2.08. The number of hydrogen-bond donors (Lipinski definition) is 0. The lowest BCUT2D eigenvalue weighted by Crippen LogP contribution is -2.14. The molecule has 0 saturated heterocycles. The highest BCUT2D eigenvalue weighted by Gasteiger charge is 2.10. The highest BCUT2D eigenvalue weighted by molar-refractivity contribution is 9.09. The summed E-state index contributed by atoms with van der Waals surface area (Å²) in [4.78, 5) is 11.4. The second-order valence-corrected chi connectivity index (χ2v) is 3.67. The molecule has 0 atom stereocenters. The van der Waals surface area contributed by atoms with E-state index in [1.165, 1.54) is 0 Å². The average Bonchev–Trinajstić information content (AvgIpc) is 2.04. The van der Waals surface area contributed by atoms with Gasteiger partial charge in [-0.25, -0.2) is 4.79 Å². The highest BCUT2D eigenvalue weighted by Crippen LogP contribution is 2.07. The van der Waals surface area contributed by atoms with Crippen LogP contribution in [0.5, 0.6) is 0 Å². The fraction of sp³-hybridized carbons (Fsp3) is 0.700. The highest BCUT2D eigenvalue weighted by atomic mass is 79.9. The minimum Gasteiger partial charge on any atom is -0.460 e. The third-order valence-corrected chi connectivity index (χ3v) is 2.03. The number of ether oxygens (including phenoxy) is 1. The van der Waals surface area contributed by atoms with E-state index in [2.05, 4.69) is 22.9 Å². The van der Waals surface area contributed by atoms with Gasteiger partial charge in [0.25, 0.3) is 0 Å². The topological polar surface area (TPSA) is 26.3 Å². The summed E-state index contributed by atoms with van der Waals surface area (Å²) >= 11 is 3.27. The van der Waals surface area contributed by atoms with Gasteiger partial charge in [0.1, 0.15) is 0 Å². The van der Waals surface area contributed by atoms with E-state index in [0.717, 1.165) is 18.4 Å². The van der Waals surface area contributed by atoms with Crippen LogP contribution in [0.1, 0.15) is 33.6 Å². The van der Waals surface area contributed by atoms with Gasteiger partial charge in [0.05, 0.1) is 6.10 Å². The molecular weight excluding hydrogens is 232 g/mol. The molecule has 0 aliphatic rings. The van der Waals surface area contributed by atoms with Crippen LogP contribution in [0, 0.1) is 0 Å². The molecule has 0 bridgehead atoms. The third kappa shape index (κ3) is 5.86. The van der Waals surface area contributed by atoms with Crippen molar-refractivity contribution in [2.75, 3.05) is 5.33 Å². The zero-order chi connectivity index (χ0) is 10.3. The summed E-state index contributed by atoms with van der Waals surface area (Å²) in [7, 11) is 0. The molecule has 0 saturated carbocycles. The summed E-state index contributed by atoms with van der Waals surface area (Å²) < 4.78 is 5.06. The lowest BCUT2D eigenvalue weighted by molar-refractivity contribution is -0.142. The maximum Gasteiger partial charge on any atom is 0.334 e. The number of allylic oxidation sites excluding steroid dienone is 1. The molecule has 0 amide bonds. The van der Waals surface area contributed by atoms with Crippen LogP contribution in [-0.4, -0.2) is 17.4 Å². The molecule has 0 fully saturated rings. The van der Waals surface area contributed by atoms with Crippen molar-refractivity contribution < 1.29 is 9.53 Å². The van der Waals surface area contributed by atoms with Gasteiger partial charge in [0.2, 0.25) is 0 Å². The minimum absolute atomic E-state index is 0.0448. The van der Waals surface area contributed by atoms with E-state index in [4.69, 9.17) is 4.74 Å². The van der Waals surface area contributed by atoms with Crippen LogP contribution >= 0.6 is 15.9 Å². The first-order valence-corrected chi connectivity index (χ1v) is 5.69. The molecule has 2 nitrogen and oxygen atoms in total. The van der Waals surface area contributed by atoms with Crippen LogP contribution < -0.4 is 0 Å². The van der Waals surface area contributed by atoms with Gasteiger partial charge in [0, 0.05) is 10.9 Å². The lowest BCUT2D eigenvalue weighted by atomic mass is 10.2. The zero-order valence-corrected chi connectivity index (χ0v) is 10.1. The Balaban J connectivity index is 4.14. The SMILES string of the molecule is CCCC=C(CBr)C(=O)OC(C)C. The van der Waals surface area contributed by atoms with Gasteiger partial charge in [-0.3, -0.25) is 0 Å². The van der Waals surface area contributed by atoms with Gasteiger partial charge >= 0.3 is 5.97 Å². The standard InChI is InChI=1S/C10H17BrO2/c1-4-5-6-9(7-11)10(12)13-8(2)3/h6,8H,4-5,7H2,1-3H3. The van der Waals surface area contributed by atoms with Crippen LogP contribution in [0.3, 0.4) is 0 Å². The second-order valence-electron chi connectivity index (χ2n) is 3.11. The van der Waals surface area contributed by atoms with E-state index in [9.17, 15) is 4.79 Å². The van der Waals surface area contributed by atoms with Crippen LogP contribution in [-0.2, 0) is 9.53 Å². The van der Waals surface area contributed by atoms with E-state index in [1.54, 1.807) is 0 Å². The summed E-state index contributed by atoms with van der Waals surface area (Å²) in [6, 6.07) is 0. The summed E-state index contributed by atoms with van der Waals surface area (Å²) in [5.74, 6) is -0.208. The number of carbonyl (C=O) groups excluding carboxylic acids is 1. The summed E-state index contributed by atoms with van der Waals surface area (Å²) in [6.07, 6.45) is 3.86. The van der Waals surface area contributed by atoms with Crippen LogP contribution in [0.2, 0.25) is 0 Å². The van der Waals surface area contributed by atoms with E-state index >= 15 is 0 Å². The van der Waals surface area contributed by atoms with Gasteiger partial charge < -0.3 is 4.74 Å². The van der Waals surface area contributed by atoms with Gasteiger partial charge in [-0.1, -0.05) is 35.4 Å². The van der Waals surface area contributed by atoms with E-state index in [-0.39, 0.29) is 12.1 Å². The molecule has 0 aromatic heterocycles. The van der Waals surface area contributed by atoms with Crippen molar-refractivity contribution in [1.29, 1.82) is 0 Å². The Morgan fingerprint density at radius 2 is 2.15 bits per heavy atom. The smallest absolute Gasteiger partial charge is 0.334 e. The molecule has 0 aromatic carbocycles. The van der Waals surface area contributed by atoms with E-state index in [0.29, 0.717) is 5.33 Å². The second kappa shape index (κ2) is 7.13. The molecule has 0 unspecified atom stereocenters. The molecule has 0 radical (unpaired) electrons. The van der Waals surface area contributed by atoms with Gasteiger partial charge in [0.15, 0.2) is 0 Å². The van der Waals surface area contributed by atoms with Crippen LogP contribution in [0.15, 0.2) is 11.6 Å². The molecule has 0 heterocycles. The first-order chi connectivity index (χ1) is 6.11. The Kier molecular flexibility index (Phi) is 6.96. The van der Waals surface area contributed by atoms with Crippen molar-refractivity contribution in [3.05, 3.63) is 11.6 Å². The van der Waals surface area contributed by atoms with Gasteiger partial charge in [-0.05, 0) is 20.3 Å². The van der Waals surface area contributed by atoms with Gasteiger partial charge in [-0.15, -0.1) is 0 Å². The Morgan fingerprint density at radius 3 is 2.54 bits per heavy atom. The zero-order valence-electron chi connectivity index (χ0n) is 8.47. The summed E-state index contributed by atoms with van der Waals surface area (Å²) in [5, 5.41) is 0.568. The first-order valence-electron chi connectivity index (χ1n) is 4.57. The van der Waals surface area contributed by atoms with Crippen molar-refractivity contribution in [3.63, 3.8) is 0 Å². The molecule has 13 heavy (non-hydrogen) atoms. The van der Waals surface area contributed by atoms with Crippen LogP contribution in [0.25, 0.3) is 0 Å². The third-order valence-electron chi connectivity index (χ3n) is 1.43. The number of carbonyl (C=O) groups is 1. The van der Waals surface area contributed by atoms with Crippen molar-refractivity contribution in [2.24, 2.45) is 0 Å². The van der Waals surface area contributed by atoms with Crippen LogP contribution in [0.4, 0.5) is 0 Å². The molecule has 3 heteroatoms. The normalized spacial score (nSPS) is 11.9. The molecular formula is C10H17BrO2. The number of esters is 1. The largest absolute Gasteiger partial charge is 0.460 e. The Hall–Kier alpha value is -0.310. The first kappa shape index (κ1) is 12.7. The van der Waals surface area contributed by atoms with Crippen molar-refractivity contribution >= 4 is 21.9 Å². The molecule has 0 aromatic rings. The quantitative estimate of drug-likeness (QED) is 0.425. The summed E-state index contributed by atoms with van der Waals surface area (Å²) in [6.45, 7) is 5.78. The van der Waals surface area contributed by atoms with Crippen molar-refractivity contribution in [2.45, 2.75) is 39.7 Å². The Labute approximate surface area is 88.5 Å². The van der Waals surface area contributed by atoms with Gasteiger partial charge in [-0.2, -0.15) is 0 Å². The molecule has 0 aliphatic carbocycles. The molecule has 0 rings (SSSR count). The number of unbranched alkanes of at least 4 members (excludes halogenated alkanes) is 1. The molecule has 76 valence electrons. The maximum atomic E-state index is 11.4. The molecule has 0 spiro atoms. The average molecular weight is 249 g/mol. The minimum atomic E-state index is -0.208. The number of alkyl halides is 1. The fourth-order valence-corrected chi connectivity index (χ4v) is 1.26. The summed E-state index contributed by atoms with van der Waals surface area (Å²) in [5.41, 5.74) is 0.718. The fourth-order valence-electron chi connectivity index (χ4n) is 0.801. The molecule has 0 N–H and O–H groups in total. The number of hydrogen-bond acceptors (Lipinski definition) is 2. The Bertz CT molecular complexity index is 185. The van der Waals surface area contributed by atoms with E-state index in [1.807, 2.05) is 19.9 Å². The number of rotatable bonds is 5. The molecule has 0 aliphatic heterocycles. The van der Waals surface area contributed by atoms with E-state index < -0.39 is 0 Å². The Morgan fingerprint density at radius 1 is 1.54 bits per heavy atom. The maximum absolute atomic E-state index is 11.4. The van der Waals surface area contributed by atoms with Crippen molar-refractivity contribution in [3.8, 4) is 0 Å². The monoisotopic (exact) mass is 248 g/mol.